The van der Waals surface area contributed by atoms with Crippen LogP contribution < -0.4 is 0 Å². The summed E-state index contributed by atoms with van der Waals surface area (Å²) in [6.07, 6.45) is 5.89. The molecular formula is C17H19N3O3. The number of amides is 1. The molecule has 0 bridgehead atoms. The van der Waals surface area contributed by atoms with Gasteiger partial charge in [-0.1, -0.05) is 18.2 Å². The van der Waals surface area contributed by atoms with E-state index in [0.29, 0.717) is 13.0 Å². The van der Waals surface area contributed by atoms with Crippen LogP contribution in [0.15, 0.2) is 42.7 Å². The number of carboxylic acid groups (broad SMARTS) is 1. The molecule has 6 nitrogen and oxygen atoms in total. The molecule has 0 spiro atoms. The third-order valence-electron chi connectivity index (χ3n) is 4.12. The lowest BCUT2D eigenvalue weighted by Crippen LogP contribution is -2.48. The van der Waals surface area contributed by atoms with Crippen molar-refractivity contribution in [2.75, 3.05) is 6.54 Å². The Morgan fingerprint density at radius 3 is 2.74 bits per heavy atom. The summed E-state index contributed by atoms with van der Waals surface area (Å²) in [5, 5.41) is 13.5. The first kappa shape index (κ1) is 15.3. The van der Waals surface area contributed by atoms with Crippen LogP contribution in [0, 0.1) is 0 Å². The maximum atomic E-state index is 12.5. The molecule has 23 heavy (non-hydrogen) atoms. The molecule has 1 saturated heterocycles. The summed E-state index contributed by atoms with van der Waals surface area (Å²) in [5.74, 6) is -1.07. The Bertz CT molecular complexity index is 696. The molecule has 120 valence electrons. The Morgan fingerprint density at radius 1 is 1.22 bits per heavy atom. The molecular weight excluding hydrogens is 294 g/mol. The largest absolute Gasteiger partial charge is 0.480 e. The Balaban J connectivity index is 1.70. The maximum absolute atomic E-state index is 12.5. The molecule has 1 aromatic carbocycles. The third-order valence-corrected chi connectivity index (χ3v) is 4.12. The van der Waals surface area contributed by atoms with Crippen LogP contribution in [-0.4, -0.2) is 44.3 Å². The second-order valence-corrected chi connectivity index (χ2v) is 5.74. The van der Waals surface area contributed by atoms with E-state index in [4.69, 9.17) is 0 Å². The van der Waals surface area contributed by atoms with Gasteiger partial charge in [0, 0.05) is 12.7 Å². The molecule has 1 aliphatic rings. The summed E-state index contributed by atoms with van der Waals surface area (Å²) in [4.78, 5) is 25.2. The molecule has 1 atom stereocenters. The number of carboxylic acids is 1. The fourth-order valence-electron chi connectivity index (χ4n) is 2.94. The van der Waals surface area contributed by atoms with E-state index in [0.717, 1.165) is 24.1 Å². The number of hydrogen-bond acceptors (Lipinski definition) is 3. The van der Waals surface area contributed by atoms with Gasteiger partial charge in [0.25, 0.3) is 0 Å². The van der Waals surface area contributed by atoms with Crippen molar-refractivity contribution in [2.45, 2.75) is 31.7 Å². The molecule has 0 aliphatic carbocycles. The van der Waals surface area contributed by atoms with Gasteiger partial charge in [-0.15, -0.1) is 0 Å². The highest BCUT2D eigenvalue weighted by atomic mass is 16.4. The number of hydrogen-bond donors (Lipinski definition) is 1. The van der Waals surface area contributed by atoms with E-state index >= 15 is 0 Å². The van der Waals surface area contributed by atoms with Gasteiger partial charge < -0.3 is 10.0 Å². The Morgan fingerprint density at radius 2 is 2.00 bits per heavy atom. The molecule has 1 N–H and O–H groups in total. The first-order valence-corrected chi connectivity index (χ1v) is 7.76. The topological polar surface area (TPSA) is 75.4 Å². The van der Waals surface area contributed by atoms with Crippen molar-refractivity contribution in [1.29, 1.82) is 0 Å². The van der Waals surface area contributed by atoms with Crippen molar-refractivity contribution in [2.24, 2.45) is 0 Å². The summed E-state index contributed by atoms with van der Waals surface area (Å²) in [6, 6.07) is 8.95. The number of nitrogens with zero attached hydrogens (tertiary/aromatic N) is 3. The quantitative estimate of drug-likeness (QED) is 0.935. The van der Waals surface area contributed by atoms with Crippen molar-refractivity contribution in [3.05, 3.63) is 48.3 Å². The molecule has 3 rings (SSSR count). The zero-order chi connectivity index (χ0) is 16.2. The predicted molar refractivity (Wildman–Crippen MR) is 84.3 cm³/mol. The van der Waals surface area contributed by atoms with E-state index in [1.165, 1.54) is 4.90 Å². The lowest BCUT2D eigenvalue weighted by Gasteiger charge is -2.32. The van der Waals surface area contributed by atoms with Crippen molar-refractivity contribution in [3.8, 4) is 5.69 Å². The highest BCUT2D eigenvalue weighted by Crippen LogP contribution is 2.19. The number of aromatic nitrogens is 2. The molecule has 1 fully saturated rings. The molecule has 1 aromatic heterocycles. The highest BCUT2D eigenvalue weighted by molar-refractivity contribution is 5.85. The van der Waals surface area contributed by atoms with Gasteiger partial charge in [0.2, 0.25) is 5.91 Å². The normalized spacial score (nSPS) is 17.9. The second-order valence-electron chi connectivity index (χ2n) is 5.74. The summed E-state index contributed by atoms with van der Waals surface area (Å²) in [6.45, 7) is 0.516. The van der Waals surface area contributed by atoms with Gasteiger partial charge in [-0.25, -0.2) is 9.48 Å². The van der Waals surface area contributed by atoms with Gasteiger partial charge in [-0.05, 0) is 37.0 Å². The number of para-hydroxylation sites is 1. The smallest absolute Gasteiger partial charge is 0.326 e. The zero-order valence-electron chi connectivity index (χ0n) is 12.8. The van der Waals surface area contributed by atoms with E-state index in [-0.39, 0.29) is 12.3 Å². The average Bonchev–Trinajstić information content (AvgIpc) is 3.04. The van der Waals surface area contributed by atoms with Crippen molar-refractivity contribution in [1.82, 2.24) is 14.7 Å². The van der Waals surface area contributed by atoms with Crippen LogP contribution in [0.25, 0.3) is 5.69 Å². The second kappa shape index (κ2) is 6.64. The third kappa shape index (κ3) is 3.41. The van der Waals surface area contributed by atoms with Crippen LogP contribution in [0.3, 0.4) is 0 Å². The van der Waals surface area contributed by atoms with Crippen molar-refractivity contribution < 1.29 is 14.7 Å². The van der Waals surface area contributed by atoms with Gasteiger partial charge in [0.15, 0.2) is 0 Å². The van der Waals surface area contributed by atoms with E-state index in [1.807, 2.05) is 36.5 Å². The van der Waals surface area contributed by atoms with Crippen LogP contribution >= 0.6 is 0 Å². The zero-order valence-corrected chi connectivity index (χ0v) is 12.8. The Hall–Kier alpha value is -2.63. The van der Waals surface area contributed by atoms with Crippen LogP contribution in [0.2, 0.25) is 0 Å². The van der Waals surface area contributed by atoms with Gasteiger partial charge in [0.05, 0.1) is 18.3 Å². The number of carbonyl (C=O) groups is 2. The predicted octanol–water partition coefficient (Wildman–Crippen LogP) is 1.88. The van der Waals surface area contributed by atoms with Crippen molar-refractivity contribution >= 4 is 11.9 Å². The van der Waals surface area contributed by atoms with E-state index in [1.54, 1.807) is 10.9 Å². The van der Waals surface area contributed by atoms with Crippen LogP contribution in [-0.2, 0) is 16.0 Å². The van der Waals surface area contributed by atoms with E-state index in [9.17, 15) is 14.7 Å². The lowest BCUT2D eigenvalue weighted by molar-refractivity contribution is -0.151. The van der Waals surface area contributed by atoms with Crippen LogP contribution in [0.4, 0.5) is 0 Å². The lowest BCUT2D eigenvalue weighted by atomic mass is 10.0. The number of carbonyl (C=O) groups excluding carboxylic acids is 1. The minimum atomic E-state index is -0.918. The number of piperidine rings is 1. The van der Waals surface area contributed by atoms with Gasteiger partial charge in [0.1, 0.15) is 6.04 Å². The maximum Gasteiger partial charge on any atom is 0.326 e. The molecule has 1 aliphatic heterocycles. The molecule has 6 heteroatoms. The first-order chi connectivity index (χ1) is 11.1. The number of rotatable bonds is 4. The van der Waals surface area contributed by atoms with E-state index < -0.39 is 12.0 Å². The minimum absolute atomic E-state index is 0.148. The standard InChI is InChI=1S/C17H19N3O3/c21-16(19-9-5-4-8-15(19)17(22)23)10-13-11-18-20(12-13)14-6-2-1-3-7-14/h1-3,6-7,11-12,15H,4-5,8-10H2,(H,22,23)/t15-/m1/s1. The van der Waals surface area contributed by atoms with Gasteiger partial charge >= 0.3 is 5.97 Å². The summed E-state index contributed by atoms with van der Waals surface area (Å²) in [7, 11) is 0. The summed E-state index contributed by atoms with van der Waals surface area (Å²) in [5.41, 5.74) is 1.71. The number of benzene rings is 1. The van der Waals surface area contributed by atoms with E-state index in [2.05, 4.69) is 5.10 Å². The number of likely N-dealkylation sites (tertiary alicyclic amines) is 1. The fourth-order valence-corrected chi connectivity index (χ4v) is 2.94. The Labute approximate surface area is 134 Å². The first-order valence-electron chi connectivity index (χ1n) is 7.76. The SMILES string of the molecule is O=C(O)[C@H]1CCCCN1C(=O)Cc1cnn(-c2ccccc2)c1. The fraction of sp³-hybridized carbons (Fsp3) is 0.353. The molecule has 0 radical (unpaired) electrons. The van der Waals surface area contributed by atoms with Crippen LogP contribution in [0.1, 0.15) is 24.8 Å². The summed E-state index contributed by atoms with van der Waals surface area (Å²) < 4.78 is 1.72. The van der Waals surface area contributed by atoms with Crippen LogP contribution in [0.5, 0.6) is 0 Å². The molecule has 1 amide bonds. The summed E-state index contributed by atoms with van der Waals surface area (Å²) >= 11 is 0. The molecule has 0 unspecified atom stereocenters. The minimum Gasteiger partial charge on any atom is -0.480 e. The number of aliphatic carboxylic acids is 1. The molecule has 2 heterocycles. The molecule has 2 aromatic rings. The van der Waals surface area contributed by atoms with Crippen molar-refractivity contribution in [3.63, 3.8) is 0 Å². The average molecular weight is 313 g/mol. The highest BCUT2D eigenvalue weighted by Gasteiger charge is 2.31. The monoisotopic (exact) mass is 313 g/mol. The van der Waals surface area contributed by atoms with Gasteiger partial charge in [-0.3, -0.25) is 4.79 Å². The van der Waals surface area contributed by atoms with Gasteiger partial charge in [-0.2, -0.15) is 5.10 Å². The molecule has 0 saturated carbocycles. The Kier molecular flexibility index (Phi) is 4.41.